The summed E-state index contributed by atoms with van der Waals surface area (Å²) in [5.41, 5.74) is 2.00. The van der Waals surface area contributed by atoms with Crippen molar-refractivity contribution in [3.8, 4) is 11.5 Å². The molecule has 1 aromatic heterocycles. The second-order valence-corrected chi connectivity index (χ2v) is 9.17. The molecule has 2 heterocycles. The minimum Gasteiger partial charge on any atom is -0.497 e. The summed E-state index contributed by atoms with van der Waals surface area (Å²) in [6.07, 6.45) is 6.75. The molecule has 2 aromatic carbocycles. The number of hydrogen-bond acceptors (Lipinski definition) is 7. The van der Waals surface area contributed by atoms with Gasteiger partial charge in [0, 0.05) is 31.5 Å². The van der Waals surface area contributed by atoms with E-state index in [0.29, 0.717) is 23.1 Å². The van der Waals surface area contributed by atoms with Crippen LogP contribution in [0.3, 0.4) is 0 Å². The summed E-state index contributed by atoms with van der Waals surface area (Å²) >= 11 is 1.40. The quantitative estimate of drug-likeness (QED) is 0.447. The average Bonchev–Trinajstić information content (AvgIpc) is 2.89. The van der Waals surface area contributed by atoms with Crippen molar-refractivity contribution in [1.82, 2.24) is 9.97 Å². The van der Waals surface area contributed by atoms with Gasteiger partial charge in [0.2, 0.25) is 5.91 Å². The van der Waals surface area contributed by atoms with E-state index in [-0.39, 0.29) is 11.7 Å². The number of carbonyl (C=O) groups excluding carboxylic acids is 1. The molecule has 0 atom stereocenters. The van der Waals surface area contributed by atoms with Crippen LogP contribution in [0.15, 0.2) is 66.0 Å². The highest BCUT2D eigenvalue weighted by atomic mass is 32.2. The Balaban J connectivity index is 1.33. The predicted octanol–water partition coefficient (Wildman–Crippen LogP) is 4.68. The maximum absolute atomic E-state index is 12.6. The number of anilines is 2. The van der Waals surface area contributed by atoms with Crippen LogP contribution >= 0.6 is 11.8 Å². The molecule has 0 spiro atoms. The number of hydrogen-bond donors (Lipinski definition) is 1. The van der Waals surface area contributed by atoms with Crippen LogP contribution in [0.1, 0.15) is 18.4 Å². The van der Waals surface area contributed by atoms with Crippen LogP contribution < -0.4 is 19.7 Å². The number of ether oxygens (including phenoxy) is 2. The molecular weight excluding hydrogens is 448 g/mol. The zero-order valence-corrected chi connectivity index (χ0v) is 20.4. The largest absolute Gasteiger partial charge is 0.497 e. The summed E-state index contributed by atoms with van der Waals surface area (Å²) < 4.78 is 10.6. The Labute approximate surface area is 204 Å². The lowest BCUT2D eigenvalue weighted by Gasteiger charge is -2.33. The first-order valence-electron chi connectivity index (χ1n) is 11.4. The minimum atomic E-state index is -0.133. The zero-order valence-electron chi connectivity index (χ0n) is 19.6. The fourth-order valence-corrected chi connectivity index (χ4v) is 4.94. The number of aromatic nitrogens is 2. The number of methoxy groups -OCH3 is 2. The van der Waals surface area contributed by atoms with Gasteiger partial charge in [-0.2, -0.15) is 0 Å². The Morgan fingerprint density at radius 3 is 2.56 bits per heavy atom. The molecule has 4 rings (SSSR count). The third-order valence-electron chi connectivity index (χ3n) is 5.95. The molecule has 34 heavy (non-hydrogen) atoms. The fraction of sp³-hybridized carbons (Fsp3) is 0.346. The number of nitrogens with zero attached hydrogens (tertiary/aromatic N) is 3. The van der Waals surface area contributed by atoms with Gasteiger partial charge >= 0.3 is 0 Å². The summed E-state index contributed by atoms with van der Waals surface area (Å²) in [4.78, 5) is 24.0. The van der Waals surface area contributed by atoms with Crippen molar-refractivity contribution in [3.05, 3.63) is 66.5 Å². The second kappa shape index (κ2) is 11.7. The molecule has 1 aliphatic rings. The molecule has 8 heteroatoms. The summed E-state index contributed by atoms with van der Waals surface area (Å²) in [5.74, 6) is 2.85. The van der Waals surface area contributed by atoms with E-state index in [1.54, 1.807) is 44.8 Å². The van der Waals surface area contributed by atoms with Crippen molar-refractivity contribution in [1.29, 1.82) is 0 Å². The Bertz CT molecular complexity index is 1090. The van der Waals surface area contributed by atoms with Crippen molar-refractivity contribution in [2.75, 3.05) is 43.3 Å². The van der Waals surface area contributed by atoms with E-state index in [1.165, 1.54) is 17.3 Å². The van der Waals surface area contributed by atoms with Gasteiger partial charge in [0.1, 0.15) is 16.5 Å². The van der Waals surface area contributed by atoms with Crippen LogP contribution in [0.4, 0.5) is 11.5 Å². The molecular formula is C26H30N4O3S. The molecule has 1 aliphatic heterocycles. The third-order valence-corrected chi connectivity index (χ3v) is 6.92. The summed E-state index contributed by atoms with van der Waals surface area (Å²) in [6.45, 7) is 1.89. The normalized spacial score (nSPS) is 14.0. The van der Waals surface area contributed by atoms with Crippen molar-refractivity contribution >= 4 is 29.2 Å². The van der Waals surface area contributed by atoms with E-state index in [9.17, 15) is 4.79 Å². The third kappa shape index (κ3) is 6.20. The summed E-state index contributed by atoms with van der Waals surface area (Å²) in [7, 11) is 3.15. The topological polar surface area (TPSA) is 76.6 Å². The Hall–Kier alpha value is -3.26. The van der Waals surface area contributed by atoms with Crippen LogP contribution in [0.5, 0.6) is 11.5 Å². The zero-order chi connectivity index (χ0) is 23.8. The number of thioether (sulfide) groups is 1. The molecule has 1 N–H and O–H groups in total. The van der Waals surface area contributed by atoms with E-state index >= 15 is 0 Å². The molecule has 0 bridgehead atoms. The Kier molecular flexibility index (Phi) is 8.25. The van der Waals surface area contributed by atoms with Crippen molar-refractivity contribution in [3.63, 3.8) is 0 Å². The maximum atomic E-state index is 12.6. The molecule has 0 unspecified atom stereocenters. The molecule has 3 aromatic rings. The summed E-state index contributed by atoms with van der Waals surface area (Å²) in [5, 5.41) is 3.69. The minimum absolute atomic E-state index is 0.133. The van der Waals surface area contributed by atoms with E-state index in [4.69, 9.17) is 9.47 Å². The van der Waals surface area contributed by atoms with Gasteiger partial charge in [-0.05, 0) is 42.9 Å². The highest BCUT2D eigenvalue weighted by Crippen LogP contribution is 2.32. The van der Waals surface area contributed by atoms with Gasteiger partial charge in [-0.3, -0.25) is 4.79 Å². The molecule has 178 valence electrons. The number of amides is 1. The van der Waals surface area contributed by atoms with Crippen molar-refractivity contribution < 1.29 is 14.3 Å². The molecule has 0 aliphatic carbocycles. The van der Waals surface area contributed by atoms with Gasteiger partial charge < -0.3 is 19.7 Å². The first-order chi connectivity index (χ1) is 16.7. The molecule has 0 radical (unpaired) electrons. The average molecular weight is 479 g/mol. The second-order valence-electron chi connectivity index (χ2n) is 8.21. The predicted molar refractivity (Wildman–Crippen MR) is 136 cm³/mol. The number of piperidine rings is 1. The molecule has 0 saturated carbocycles. The van der Waals surface area contributed by atoms with E-state index in [1.807, 2.05) is 0 Å². The lowest BCUT2D eigenvalue weighted by Crippen LogP contribution is -2.35. The van der Waals surface area contributed by atoms with Crippen LogP contribution in [0.25, 0.3) is 0 Å². The van der Waals surface area contributed by atoms with Gasteiger partial charge in [0.25, 0.3) is 0 Å². The molecule has 1 fully saturated rings. The number of nitrogens with one attached hydrogen (secondary N) is 1. The van der Waals surface area contributed by atoms with E-state index in [0.717, 1.165) is 43.2 Å². The van der Waals surface area contributed by atoms with Crippen LogP contribution in [-0.2, 0) is 11.2 Å². The van der Waals surface area contributed by atoms with Crippen LogP contribution in [0, 0.1) is 5.92 Å². The van der Waals surface area contributed by atoms with Crippen molar-refractivity contribution in [2.45, 2.75) is 24.3 Å². The van der Waals surface area contributed by atoms with Gasteiger partial charge in [-0.1, -0.05) is 42.1 Å². The summed E-state index contributed by atoms with van der Waals surface area (Å²) in [6, 6.07) is 16.0. The highest BCUT2D eigenvalue weighted by Gasteiger charge is 2.23. The van der Waals surface area contributed by atoms with Gasteiger partial charge in [-0.25, -0.2) is 9.97 Å². The smallest absolute Gasteiger partial charge is 0.234 e. The molecule has 7 nitrogen and oxygen atoms in total. The van der Waals surface area contributed by atoms with Gasteiger partial charge in [0.15, 0.2) is 5.82 Å². The van der Waals surface area contributed by atoms with E-state index in [2.05, 4.69) is 50.5 Å². The lowest BCUT2D eigenvalue weighted by atomic mass is 9.90. The standard InChI is InChI=1S/C26H30N4O3S/c1-32-21-8-9-22(23(17-21)33-2)29-24(31)18-34-26-25(27-12-13-28-26)30-14-10-20(11-15-30)16-19-6-4-3-5-7-19/h3-9,12-13,17,20H,10-11,14-16,18H2,1-2H3,(H,29,31). The van der Waals surface area contributed by atoms with Gasteiger partial charge in [-0.15, -0.1) is 0 Å². The van der Waals surface area contributed by atoms with Gasteiger partial charge in [0.05, 0.1) is 25.7 Å². The van der Waals surface area contributed by atoms with Crippen LogP contribution in [-0.4, -0.2) is 48.9 Å². The molecule has 1 saturated heterocycles. The number of rotatable bonds is 9. The van der Waals surface area contributed by atoms with Crippen LogP contribution in [0.2, 0.25) is 0 Å². The Morgan fingerprint density at radius 1 is 1.06 bits per heavy atom. The highest BCUT2D eigenvalue weighted by molar-refractivity contribution is 8.00. The first-order valence-corrected chi connectivity index (χ1v) is 12.4. The maximum Gasteiger partial charge on any atom is 0.234 e. The Morgan fingerprint density at radius 2 is 1.82 bits per heavy atom. The number of benzene rings is 2. The molecule has 1 amide bonds. The monoisotopic (exact) mass is 478 g/mol. The SMILES string of the molecule is COc1ccc(NC(=O)CSc2nccnc2N2CCC(Cc3ccccc3)CC2)c(OC)c1. The first kappa shape index (κ1) is 23.9. The fourth-order valence-electron chi connectivity index (χ4n) is 4.15. The number of carbonyl (C=O) groups is 1. The van der Waals surface area contributed by atoms with E-state index < -0.39 is 0 Å². The lowest BCUT2D eigenvalue weighted by molar-refractivity contribution is -0.113. The van der Waals surface area contributed by atoms with Crippen molar-refractivity contribution in [2.24, 2.45) is 5.92 Å².